The Hall–Kier alpha value is -1.48. The Labute approximate surface area is 114 Å². The monoisotopic (exact) mass is 259 g/mol. The topological polar surface area (TPSA) is 43.7 Å². The molecule has 3 rings (SSSR count). The summed E-state index contributed by atoms with van der Waals surface area (Å²) in [5, 5.41) is 19.7. The smallest absolute Gasteiger partial charge is 0.160 e. The van der Waals surface area contributed by atoms with Gasteiger partial charge in [-0.3, -0.25) is 4.90 Å². The van der Waals surface area contributed by atoms with Crippen LogP contribution in [0.15, 0.2) is 24.8 Å². The number of hydrogen-bond donors (Lipinski definition) is 2. The maximum atomic E-state index is 10.0. The van der Waals surface area contributed by atoms with Gasteiger partial charge in [-0.1, -0.05) is 12.1 Å². The van der Waals surface area contributed by atoms with Crippen LogP contribution in [0.2, 0.25) is 0 Å². The molecule has 3 nitrogen and oxygen atoms in total. The first-order valence-corrected chi connectivity index (χ1v) is 7.08. The number of phenolic OH excluding ortho intramolecular Hbond substituents is 2. The van der Waals surface area contributed by atoms with E-state index in [4.69, 9.17) is 0 Å². The molecule has 1 aliphatic carbocycles. The number of aromatic hydroxyl groups is 2. The summed E-state index contributed by atoms with van der Waals surface area (Å²) in [4.78, 5) is 2.51. The lowest BCUT2D eigenvalue weighted by Gasteiger charge is -2.44. The molecule has 0 radical (unpaired) electrons. The molecule has 1 unspecified atom stereocenters. The van der Waals surface area contributed by atoms with E-state index in [9.17, 15) is 10.2 Å². The summed E-state index contributed by atoms with van der Waals surface area (Å²) in [5.74, 6) is 0.696. The van der Waals surface area contributed by atoms with Crippen LogP contribution in [0.5, 0.6) is 11.5 Å². The number of benzene rings is 1. The SMILES string of the molecule is C=CCN1CCCC2Cc3c(ccc(O)c3O)C[C@H]21. The largest absolute Gasteiger partial charge is 0.504 e. The minimum atomic E-state index is 0.0101. The first kappa shape index (κ1) is 12.5. The Balaban J connectivity index is 1.92. The number of fused-ring (bicyclic) bond motifs is 2. The van der Waals surface area contributed by atoms with Gasteiger partial charge in [0.1, 0.15) is 0 Å². The van der Waals surface area contributed by atoms with E-state index >= 15 is 0 Å². The summed E-state index contributed by atoms with van der Waals surface area (Å²) >= 11 is 0. The van der Waals surface area contributed by atoms with Gasteiger partial charge < -0.3 is 10.2 Å². The van der Waals surface area contributed by atoms with Gasteiger partial charge in [-0.2, -0.15) is 0 Å². The summed E-state index contributed by atoms with van der Waals surface area (Å²) in [7, 11) is 0. The molecule has 1 aromatic carbocycles. The predicted molar refractivity (Wildman–Crippen MR) is 75.5 cm³/mol. The van der Waals surface area contributed by atoms with E-state index in [1.807, 2.05) is 12.1 Å². The van der Waals surface area contributed by atoms with E-state index in [2.05, 4.69) is 11.5 Å². The van der Waals surface area contributed by atoms with Gasteiger partial charge >= 0.3 is 0 Å². The molecule has 1 fully saturated rings. The Morgan fingerprint density at radius 2 is 2.16 bits per heavy atom. The van der Waals surface area contributed by atoms with Crippen molar-refractivity contribution in [2.24, 2.45) is 5.92 Å². The van der Waals surface area contributed by atoms with E-state index in [1.54, 1.807) is 6.07 Å². The highest BCUT2D eigenvalue weighted by molar-refractivity contribution is 5.50. The summed E-state index contributed by atoms with van der Waals surface area (Å²) < 4.78 is 0. The van der Waals surface area contributed by atoms with Gasteiger partial charge in [0.15, 0.2) is 11.5 Å². The lowest BCUT2D eigenvalue weighted by atomic mass is 9.75. The molecule has 1 saturated heterocycles. The molecule has 2 aliphatic rings. The quantitative estimate of drug-likeness (QED) is 0.633. The molecule has 2 atom stereocenters. The third-order valence-corrected chi connectivity index (χ3v) is 4.65. The number of phenols is 2. The number of likely N-dealkylation sites (tertiary alicyclic amines) is 1. The molecule has 1 heterocycles. The second-order valence-electron chi connectivity index (χ2n) is 5.73. The Kier molecular flexibility index (Phi) is 3.23. The molecule has 1 aliphatic heterocycles. The van der Waals surface area contributed by atoms with E-state index < -0.39 is 0 Å². The Bertz CT molecular complexity index is 498. The molecule has 0 aromatic heterocycles. The van der Waals surface area contributed by atoms with Gasteiger partial charge in [-0.05, 0) is 49.8 Å². The third-order valence-electron chi connectivity index (χ3n) is 4.65. The fourth-order valence-corrected chi connectivity index (χ4v) is 3.71. The first-order valence-electron chi connectivity index (χ1n) is 7.08. The van der Waals surface area contributed by atoms with Crippen molar-refractivity contribution in [3.05, 3.63) is 35.9 Å². The summed E-state index contributed by atoms with van der Waals surface area (Å²) in [6.07, 6.45) is 6.26. The van der Waals surface area contributed by atoms with Crippen LogP contribution in [0.3, 0.4) is 0 Å². The van der Waals surface area contributed by atoms with E-state index in [0.29, 0.717) is 12.0 Å². The van der Waals surface area contributed by atoms with Crippen LogP contribution in [0, 0.1) is 5.92 Å². The van der Waals surface area contributed by atoms with Gasteiger partial charge in [0.05, 0.1) is 0 Å². The molecule has 0 bridgehead atoms. The lowest BCUT2D eigenvalue weighted by Crippen LogP contribution is -2.49. The number of hydrogen-bond acceptors (Lipinski definition) is 3. The van der Waals surface area contributed by atoms with Gasteiger partial charge in [0, 0.05) is 18.2 Å². The van der Waals surface area contributed by atoms with Gasteiger partial charge in [0.2, 0.25) is 0 Å². The third kappa shape index (κ3) is 2.12. The van der Waals surface area contributed by atoms with Crippen LogP contribution in [0.4, 0.5) is 0 Å². The highest BCUT2D eigenvalue weighted by Gasteiger charge is 2.36. The van der Waals surface area contributed by atoms with Crippen molar-refractivity contribution in [2.75, 3.05) is 13.1 Å². The van der Waals surface area contributed by atoms with Crippen molar-refractivity contribution in [1.82, 2.24) is 4.90 Å². The van der Waals surface area contributed by atoms with E-state index in [1.165, 1.54) is 18.4 Å². The predicted octanol–water partition coefficient (Wildman–Crippen LogP) is 2.46. The minimum Gasteiger partial charge on any atom is -0.504 e. The molecule has 2 N–H and O–H groups in total. The molecule has 19 heavy (non-hydrogen) atoms. The molecule has 0 spiro atoms. The van der Waals surface area contributed by atoms with Crippen molar-refractivity contribution in [2.45, 2.75) is 31.7 Å². The number of piperidine rings is 1. The average Bonchev–Trinajstić information content (AvgIpc) is 2.42. The molecule has 102 valence electrons. The van der Waals surface area contributed by atoms with Crippen LogP contribution in [-0.4, -0.2) is 34.2 Å². The molecule has 0 amide bonds. The van der Waals surface area contributed by atoms with Crippen molar-refractivity contribution < 1.29 is 10.2 Å². The summed E-state index contributed by atoms with van der Waals surface area (Å²) in [6.45, 7) is 5.94. The molecule has 1 aromatic rings. The first-order chi connectivity index (χ1) is 9.20. The Morgan fingerprint density at radius 1 is 1.32 bits per heavy atom. The fourth-order valence-electron chi connectivity index (χ4n) is 3.71. The van der Waals surface area contributed by atoms with Crippen LogP contribution in [0.25, 0.3) is 0 Å². The Morgan fingerprint density at radius 3 is 2.95 bits per heavy atom. The van der Waals surface area contributed by atoms with Crippen molar-refractivity contribution in [3.8, 4) is 11.5 Å². The van der Waals surface area contributed by atoms with Gasteiger partial charge in [-0.25, -0.2) is 0 Å². The van der Waals surface area contributed by atoms with E-state index in [0.717, 1.165) is 31.5 Å². The van der Waals surface area contributed by atoms with Crippen LogP contribution in [-0.2, 0) is 12.8 Å². The van der Waals surface area contributed by atoms with Gasteiger partial charge in [0.25, 0.3) is 0 Å². The average molecular weight is 259 g/mol. The lowest BCUT2D eigenvalue weighted by molar-refractivity contribution is 0.0965. The number of rotatable bonds is 2. The normalized spacial score (nSPS) is 26.5. The zero-order valence-electron chi connectivity index (χ0n) is 11.2. The van der Waals surface area contributed by atoms with Crippen LogP contribution < -0.4 is 0 Å². The highest BCUT2D eigenvalue weighted by atomic mass is 16.3. The van der Waals surface area contributed by atoms with Crippen molar-refractivity contribution >= 4 is 0 Å². The van der Waals surface area contributed by atoms with Crippen molar-refractivity contribution in [1.29, 1.82) is 0 Å². The fraction of sp³-hybridized carbons (Fsp3) is 0.500. The second kappa shape index (κ2) is 4.89. The van der Waals surface area contributed by atoms with Crippen LogP contribution >= 0.6 is 0 Å². The number of nitrogens with zero attached hydrogens (tertiary/aromatic N) is 1. The van der Waals surface area contributed by atoms with Crippen LogP contribution in [0.1, 0.15) is 24.0 Å². The maximum absolute atomic E-state index is 10.0. The molecular formula is C16H21NO2. The summed E-state index contributed by atoms with van der Waals surface area (Å²) in [6, 6.07) is 4.12. The molecule has 3 heteroatoms. The van der Waals surface area contributed by atoms with Crippen molar-refractivity contribution in [3.63, 3.8) is 0 Å². The van der Waals surface area contributed by atoms with E-state index in [-0.39, 0.29) is 11.5 Å². The van der Waals surface area contributed by atoms with Gasteiger partial charge in [-0.15, -0.1) is 6.58 Å². The zero-order chi connectivity index (χ0) is 13.4. The standard InChI is InChI=1S/C16H21NO2/c1-2-7-17-8-3-4-12-9-13-11(10-14(12)17)5-6-15(18)16(13)19/h2,5-6,12,14,18-19H,1,3-4,7-10H2/t12?,14-/m1/s1. The highest BCUT2D eigenvalue weighted by Crippen LogP contribution is 2.41. The second-order valence-corrected chi connectivity index (χ2v) is 5.73. The minimum absolute atomic E-state index is 0.0101. The summed E-state index contributed by atoms with van der Waals surface area (Å²) in [5.41, 5.74) is 2.15. The maximum Gasteiger partial charge on any atom is 0.160 e. The zero-order valence-corrected chi connectivity index (χ0v) is 11.2. The molecular weight excluding hydrogens is 238 g/mol. The molecule has 0 saturated carbocycles.